The minimum atomic E-state index is -0.969. The number of unbranched alkanes of at least 4 members (excludes halogenated alkanes) is 1. The monoisotopic (exact) mass is 386 g/mol. The lowest BCUT2D eigenvalue weighted by molar-refractivity contribution is -0.138. The Bertz CT molecular complexity index is 734. The molecule has 0 aliphatic carbocycles. The highest BCUT2D eigenvalue weighted by molar-refractivity contribution is 6.14. The van der Waals surface area contributed by atoms with Crippen molar-refractivity contribution in [2.24, 2.45) is 10.9 Å². The van der Waals surface area contributed by atoms with E-state index in [1.54, 1.807) is 0 Å². The van der Waals surface area contributed by atoms with Crippen molar-refractivity contribution in [3.05, 3.63) is 35.9 Å². The van der Waals surface area contributed by atoms with Crippen LogP contribution in [-0.4, -0.2) is 39.8 Å². The van der Waals surface area contributed by atoms with Gasteiger partial charge >= 0.3 is 6.09 Å². The topological polar surface area (TPSA) is 59.0 Å². The van der Waals surface area contributed by atoms with Crippen LogP contribution in [0.5, 0.6) is 0 Å². The van der Waals surface area contributed by atoms with Gasteiger partial charge in [-0.15, -0.1) is 0 Å². The molecule has 0 bridgehead atoms. The molecule has 1 heterocycles. The third kappa shape index (κ3) is 4.81. The Morgan fingerprint density at radius 2 is 1.86 bits per heavy atom. The molecule has 5 heteroatoms. The highest BCUT2D eigenvalue weighted by Crippen LogP contribution is 2.33. The second kappa shape index (κ2) is 8.46. The predicted octanol–water partition coefficient (Wildman–Crippen LogP) is 5.23. The van der Waals surface area contributed by atoms with E-state index in [0.29, 0.717) is 6.42 Å². The van der Waals surface area contributed by atoms with Gasteiger partial charge < -0.3 is 4.74 Å². The zero-order valence-electron chi connectivity index (χ0n) is 18.3. The first kappa shape index (κ1) is 22.1. The normalized spacial score (nSPS) is 23.0. The van der Waals surface area contributed by atoms with Crippen molar-refractivity contribution in [1.82, 2.24) is 4.90 Å². The largest absolute Gasteiger partial charge is 0.443 e. The third-order valence-corrected chi connectivity index (χ3v) is 4.91. The van der Waals surface area contributed by atoms with Crippen molar-refractivity contribution >= 4 is 17.7 Å². The van der Waals surface area contributed by atoms with Gasteiger partial charge in [-0.1, -0.05) is 63.9 Å². The van der Waals surface area contributed by atoms with Gasteiger partial charge in [0.1, 0.15) is 11.1 Å². The van der Waals surface area contributed by atoms with Crippen LogP contribution < -0.4 is 0 Å². The van der Waals surface area contributed by atoms with Crippen LogP contribution in [0, 0.1) is 5.92 Å². The molecule has 0 unspecified atom stereocenters. The number of hydrogen-bond donors (Lipinski definition) is 0. The number of ether oxygens (including phenoxy) is 1. The lowest BCUT2D eigenvalue weighted by atomic mass is 9.84. The molecule has 2 rings (SSSR count). The van der Waals surface area contributed by atoms with Crippen LogP contribution in [0.25, 0.3) is 0 Å². The molecule has 1 aromatic carbocycles. The molecule has 1 aromatic rings. The Balaban J connectivity index is 2.62. The molecule has 0 saturated heterocycles. The number of carbonyl (C=O) groups is 2. The quantitative estimate of drug-likeness (QED) is 0.696. The molecule has 0 fully saturated rings. The van der Waals surface area contributed by atoms with Crippen LogP contribution in [-0.2, 0) is 9.53 Å². The zero-order valence-corrected chi connectivity index (χ0v) is 18.3. The minimum absolute atomic E-state index is 0.00569. The highest BCUT2D eigenvalue weighted by atomic mass is 16.6. The standard InChI is InChI=1S/C23H34N2O3/c1-8-9-15-23(7)20(26)25(21(27)28-22(4,5)6)19(16(2)3)18(24-23)17-13-11-10-12-14-17/h10-14,16,19H,8-9,15H2,1-7H3/t19-,23+/m1/s1. The van der Waals surface area contributed by atoms with Crippen molar-refractivity contribution in [2.75, 3.05) is 0 Å². The van der Waals surface area contributed by atoms with Crippen molar-refractivity contribution in [1.29, 1.82) is 0 Å². The number of benzene rings is 1. The Morgan fingerprint density at radius 1 is 1.25 bits per heavy atom. The Kier molecular flexibility index (Phi) is 6.68. The number of imide groups is 1. The molecule has 0 saturated carbocycles. The van der Waals surface area contributed by atoms with Crippen molar-refractivity contribution in [2.45, 2.75) is 84.9 Å². The lowest BCUT2D eigenvalue weighted by Crippen LogP contribution is -2.62. The van der Waals surface area contributed by atoms with Crippen LogP contribution in [0.1, 0.15) is 73.3 Å². The summed E-state index contributed by atoms with van der Waals surface area (Å²) in [6.07, 6.45) is 1.83. The van der Waals surface area contributed by atoms with Gasteiger partial charge in [-0.2, -0.15) is 0 Å². The molecule has 0 spiro atoms. The summed E-state index contributed by atoms with van der Waals surface area (Å²) in [6, 6.07) is 9.36. The Morgan fingerprint density at radius 3 is 2.36 bits per heavy atom. The van der Waals surface area contributed by atoms with E-state index in [9.17, 15) is 9.59 Å². The molecule has 2 amide bonds. The van der Waals surface area contributed by atoms with Crippen molar-refractivity contribution in [3.8, 4) is 0 Å². The maximum atomic E-state index is 13.5. The fourth-order valence-electron chi connectivity index (χ4n) is 3.54. The molecule has 1 aliphatic heterocycles. The first-order valence-electron chi connectivity index (χ1n) is 10.2. The summed E-state index contributed by atoms with van der Waals surface area (Å²) in [4.78, 5) is 32.9. The minimum Gasteiger partial charge on any atom is -0.443 e. The number of rotatable bonds is 5. The summed E-state index contributed by atoms with van der Waals surface area (Å²) in [5.41, 5.74) is 0.0635. The summed E-state index contributed by atoms with van der Waals surface area (Å²) in [7, 11) is 0. The number of nitrogens with zero attached hydrogens (tertiary/aromatic N) is 2. The van der Waals surface area contributed by atoms with E-state index >= 15 is 0 Å². The summed E-state index contributed by atoms with van der Waals surface area (Å²) in [5.74, 6) is -0.264. The van der Waals surface area contributed by atoms with E-state index in [2.05, 4.69) is 6.92 Å². The van der Waals surface area contributed by atoms with E-state index in [1.807, 2.05) is 71.9 Å². The molecule has 28 heavy (non-hydrogen) atoms. The third-order valence-electron chi connectivity index (χ3n) is 4.91. The molecule has 0 N–H and O–H groups in total. The van der Waals surface area contributed by atoms with E-state index < -0.39 is 23.3 Å². The number of amides is 2. The van der Waals surface area contributed by atoms with Gasteiger partial charge in [0, 0.05) is 0 Å². The highest BCUT2D eigenvalue weighted by Gasteiger charge is 2.50. The summed E-state index contributed by atoms with van der Waals surface area (Å²) >= 11 is 0. The van der Waals surface area contributed by atoms with Gasteiger partial charge in [-0.05, 0) is 45.6 Å². The second-order valence-electron chi connectivity index (χ2n) is 9.08. The summed E-state index contributed by atoms with van der Waals surface area (Å²) in [6.45, 7) is 13.4. The Labute approximate surface area is 169 Å². The summed E-state index contributed by atoms with van der Waals surface area (Å²) in [5, 5.41) is 0. The van der Waals surface area contributed by atoms with E-state index in [0.717, 1.165) is 24.1 Å². The maximum absolute atomic E-state index is 13.5. The first-order chi connectivity index (χ1) is 13.0. The van der Waals surface area contributed by atoms with E-state index in [4.69, 9.17) is 9.73 Å². The van der Waals surface area contributed by atoms with Crippen LogP contribution in [0.2, 0.25) is 0 Å². The lowest BCUT2D eigenvalue weighted by Gasteiger charge is -2.43. The molecule has 154 valence electrons. The van der Waals surface area contributed by atoms with Gasteiger partial charge in [0.2, 0.25) is 0 Å². The van der Waals surface area contributed by atoms with Gasteiger partial charge in [0.25, 0.3) is 5.91 Å². The van der Waals surface area contributed by atoms with Crippen molar-refractivity contribution < 1.29 is 14.3 Å². The number of carbonyl (C=O) groups excluding carboxylic acids is 2. The molecular formula is C23H34N2O3. The fraction of sp³-hybridized carbons (Fsp3) is 0.609. The maximum Gasteiger partial charge on any atom is 0.417 e. The number of hydrogen-bond acceptors (Lipinski definition) is 4. The molecule has 2 atom stereocenters. The second-order valence-corrected chi connectivity index (χ2v) is 9.08. The van der Waals surface area contributed by atoms with Crippen LogP contribution in [0.3, 0.4) is 0 Å². The molecule has 5 nitrogen and oxygen atoms in total. The first-order valence-corrected chi connectivity index (χ1v) is 10.2. The van der Waals surface area contributed by atoms with Crippen LogP contribution in [0.15, 0.2) is 35.3 Å². The summed E-state index contributed by atoms with van der Waals surface area (Å²) < 4.78 is 5.62. The van der Waals surface area contributed by atoms with Gasteiger partial charge in [-0.25, -0.2) is 9.69 Å². The average Bonchev–Trinajstić information content (AvgIpc) is 2.60. The zero-order chi connectivity index (χ0) is 21.1. The van der Waals surface area contributed by atoms with Crippen LogP contribution >= 0.6 is 0 Å². The fourth-order valence-corrected chi connectivity index (χ4v) is 3.54. The molecule has 1 aliphatic rings. The average molecular weight is 387 g/mol. The van der Waals surface area contributed by atoms with Crippen LogP contribution in [0.4, 0.5) is 4.79 Å². The molecular weight excluding hydrogens is 352 g/mol. The molecule has 0 radical (unpaired) electrons. The van der Waals surface area contributed by atoms with E-state index in [1.165, 1.54) is 4.90 Å². The Hall–Kier alpha value is -2.17. The SMILES string of the molecule is CCCC[C@]1(C)N=C(c2ccccc2)[C@@H](C(C)C)N(C(=O)OC(C)(C)C)C1=O. The molecule has 0 aromatic heterocycles. The predicted molar refractivity (Wildman–Crippen MR) is 113 cm³/mol. The van der Waals surface area contributed by atoms with Crippen molar-refractivity contribution in [3.63, 3.8) is 0 Å². The van der Waals surface area contributed by atoms with Gasteiger partial charge in [-0.3, -0.25) is 9.79 Å². The number of aliphatic imine (C=N–C) groups is 1. The van der Waals surface area contributed by atoms with E-state index in [-0.39, 0.29) is 11.8 Å². The van der Waals surface area contributed by atoms with Gasteiger partial charge in [0.05, 0.1) is 11.8 Å². The smallest absolute Gasteiger partial charge is 0.417 e. The van der Waals surface area contributed by atoms with Gasteiger partial charge in [0.15, 0.2) is 0 Å².